The first kappa shape index (κ1) is 23.2. The first-order valence-corrected chi connectivity index (χ1v) is 12.2. The van der Waals surface area contributed by atoms with Gasteiger partial charge in [-0.3, -0.25) is 9.36 Å². The first-order chi connectivity index (χ1) is 17.2. The maximum atomic E-state index is 13.3. The standard InChI is InChI=1S/C24H24N4O6S/c1-3-31-16-7-5-15(6-8-16)22-26-21(34-27-22)13-35-24-25-18-12-20-19(32-14-33-20)11-17(18)23(29)28(24)9-4-10-30-2/h5-8,11-12H,3-4,9-10,13-14H2,1-2H3. The van der Waals surface area contributed by atoms with Crippen LogP contribution in [-0.2, 0) is 17.0 Å². The van der Waals surface area contributed by atoms with E-state index in [1.54, 1.807) is 23.8 Å². The van der Waals surface area contributed by atoms with E-state index >= 15 is 0 Å². The van der Waals surface area contributed by atoms with Crippen LogP contribution in [0, 0.1) is 0 Å². The first-order valence-electron chi connectivity index (χ1n) is 11.2. The summed E-state index contributed by atoms with van der Waals surface area (Å²) in [6.07, 6.45) is 0.671. The third kappa shape index (κ3) is 4.96. The van der Waals surface area contributed by atoms with Crippen molar-refractivity contribution in [3.8, 4) is 28.6 Å². The van der Waals surface area contributed by atoms with E-state index in [1.807, 2.05) is 31.2 Å². The zero-order valence-electron chi connectivity index (χ0n) is 19.4. The van der Waals surface area contributed by atoms with E-state index < -0.39 is 0 Å². The van der Waals surface area contributed by atoms with Crippen molar-refractivity contribution in [3.05, 3.63) is 52.6 Å². The highest BCUT2D eigenvalue weighted by molar-refractivity contribution is 7.98. The predicted molar refractivity (Wildman–Crippen MR) is 129 cm³/mol. The van der Waals surface area contributed by atoms with E-state index in [2.05, 4.69) is 10.1 Å². The molecule has 0 saturated heterocycles. The fraction of sp³-hybridized carbons (Fsp3) is 0.333. The van der Waals surface area contributed by atoms with Crippen LogP contribution in [0.1, 0.15) is 19.2 Å². The third-order valence-corrected chi connectivity index (χ3v) is 6.32. The largest absolute Gasteiger partial charge is 0.494 e. The molecule has 182 valence electrons. The summed E-state index contributed by atoms with van der Waals surface area (Å²) in [5.74, 6) is 3.19. The summed E-state index contributed by atoms with van der Waals surface area (Å²) >= 11 is 1.36. The summed E-state index contributed by atoms with van der Waals surface area (Å²) in [5.41, 5.74) is 1.22. The lowest BCUT2D eigenvalue weighted by molar-refractivity contribution is 0.174. The molecule has 0 amide bonds. The van der Waals surface area contributed by atoms with Crippen LogP contribution in [0.15, 0.2) is 50.9 Å². The summed E-state index contributed by atoms with van der Waals surface area (Å²) in [4.78, 5) is 22.6. The van der Waals surface area contributed by atoms with Crippen LogP contribution in [-0.4, -0.2) is 46.8 Å². The Balaban J connectivity index is 1.39. The Morgan fingerprint density at radius 2 is 1.91 bits per heavy atom. The van der Waals surface area contributed by atoms with Gasteiger partial charge in [0.15, 0.2) is 16.7 Å². The molecule has 0 bridgehead atoms. The minimum atomic E-state index is -0.146. The van der Waals surface area contributed by atoms with Gasteiger partial charge in [0.1, 0.15) is 5.75 Å². The SMILES string of the molecule is CCOc1ccc(-c2noc(CSc3nc4cc5c(cc4c(=O)n3CCCOC)OCO5)n2)cc1. The summed E-state index contributed by atoms with van der Waals surface area (Å²) in [7, 11) is 1.63. The molecule has 0 fully saturated rings. The molecule has 0 unspecified atom stereocenters. The fourth-order valence-electron chi connectivity index (χ4n) is 3.69. The van der Waals surface area contributed by atoms with Gasteiger partial charge in [0.05, 0.1) is 23.3 Å². The van der Waals surface area contributed by atoms with Crippen molar-refractivity contribution >= 4 is 22.7 Å². The van der Waals surface area contributed by atoms with Crippen molar-refractivity contribution in [2.75, 3.05) is 27.1 Å². The highest BCUT2D eigenvalue weighted by Gasteiger charge is 2.20. The molecule has 1 aliphatic rings. The Morgan fingerprint density at radius 3 is 2.69 bits per heavy atom. The summed E-state index contributed by atoms with van der Waals surface area (Å²) in [5, 5.41) is 5.12. The Bertz CT molecular complexity index is 1390. The van der Waals surface area contributed by atoms with Gasteiger partial charge in [0, 0.05) is 31.9 Å². The van der Waals surface area contributed by atoms with Gasteiger partial charge >= 0.3 is 0 Å². The minimum Gasteiger partial charge on any atom is -0.494 e. The Kier molecular flexibility index (Phi) is 6.87. The number of aromatic nitrogens is 4. The van der Waals surface area contributed by atoms with E-state index in [0.717, 1.165) is 11.3 Å². The number of nitrogens with zero attached hydrogens (tertiary/aromatic N) is 4. The topological polar surface area (TPSA) is 111 Å². The zero-order chi connectivity index (χ0) is 24.2. The average Bonchev–Trinajstić information content (AvgIpc) is 3.53. The number of thioether (sulfide) groups is 1. The van der Waals surface area contributed by atoms with Crippen LogP contribution >= 0.6 is 11.8 Å². The molecule has 0 saturated carbocycles. The fourth-order valence-corrected chi connectivity index (χ4v) is 4.55. The van der Waals surface area contributed by atoms with Gasteiger partial charge in [-0.1, -0.05) is 16.9 Å². The molecule has 11 heteroatoms. The molecule has 10 nitrogen and oxygen atoms in total. The van der Waals surface area contributed by atoms with Crippen LogP contribution in [0.4, 0.5) is 0 Å². The van der Waals surface area contributed by atoms with E-state index in [-0.39, 0.29) is 12.4 Å². The number of hydrogen-bond acceptors (Lipinski definition) is 10. The van der Waals surface area contributed by atoms with Crippen molar-refractivity contribution in [3.63, 3.8) is 0 Å². The van der Waals surface area contributed by atoms with Gasteiger partial charge in [-0.25, -0.2) is 4.98 Å². The van der Waals surface area contributed by atoms with Gasteiger partial charge in [-0.15, -0.1) is 0 Å². The maximum Gasteiger partial charge on any atom is 0.262 e. The van der Waals surface area contributed by atoms with Gasteiger partial charge in [0.25, 0.3) is 5.56 Å². The quantitative estimate of drug-likeness (QED) is 0.182. The summed E-state index contributed by atoms with van der Waals surface area (Å²) in [6.45, 7) is 3.67. The molecule has 2 aromatic carbocycles. The molecule has 0 N–H and O–H groups in total. The molecule has 0 spiro atoms. The minimum absolute atomic E-state index is 0.128. The molecule has 35 heavy (non-hydrogen) atoms. The van der Waals surface area contributed by atoms with E-state index in [0.29, 0.717) is 71.2 Å². The second-order valence-corrected chi connectivity index (χ2v) is 8.62. The number of rotatable bonds is 10. The monoisotopic (exact) mass is 496 g/mol. The van der Waals surface area contributed by atoms with Crippen molar-refractivity contribution in [2.45, 2.75) is 30.8 Å². The number of methoxy groups -OCH3 is 1. The lowest BCUT2D eigenvalue weighted by atomic mass is 10.2. The Morgan fingerprint density at radius 1 is 1.11 bits per heavy atom. The van der Waals surface area contributed by atoms with Gasteiger partial charge in [-0.05, 0) is 43.7 Å². The number of benzene rings is 2. The van der Waals surface area contributed by atoms with Crippen LogP contribution in [0.2, 0.25) is 0 Å². The van der Waals surface area contributed by atoms with Crippen molar-refractivity contribution in [1.29, 1.82) is 0 Å². The lowest BCUT2D eigenvalue weighted by Crippen LogP contribution is -2.24. The molecule has 0 atom stereocenters. The molecule has 1 aliphatic heterocycles. The van der Waals surface area contributed by atoms with Crippen molar-refractivity contribution in [2.24, 2.45) is 0 Å². The smallest absolute Gasteiger partial charge is 0.262 e. The maximum absolute atomic E-state index is 13.3. The van der Waals surface area contributed by atoms with Crippen LogP contribution < -0.4 is 19.8 Å². The predicted octanol–water partition coefficient (Wildman–Crippen LogP) is 3.90. The molecule has 0 aliphatic carbocycles. The highest BCUT2D eigenvalue weighted by Crippen LogP contribution is 2.35. The average molecular weight is 497 g/mol. The second-order valence-electron chi connectivity index (χ2n) is 7.68. The van der Waals surface area contributed by atoms with Gasteiger partial charge in [-0.2, -0.15) is 4.98 Å². The number of fused-ring (bicyclic) bond motifs is 2. The lowest BCUT2D eigenvalue weighted by Gasteiger charge is -2.12. The molecule has 2 aromatic heterocycles. The van der Waals surface area contributed by atoms with E-state index in [9.17, 15) is 4.79 Å². The van der Waals surface area contributed by atoms with Crippen molar-refractivity contribution < 1.29 is 23.5 Å². The van der Waals surface area contributed by atoms with Gasteiger partial charge < -0.3 is 23.5 Å². The zero-order valence-corrected chi connectivity index (χ0v) is 20.2. The van der Waals surface area contributed by atoms with E-state index in [4.69, 9.17) is 28.5 Å². The van der Waals surface area contributed by atoms with Gasteiger partial charge in [0.2, 0.25) is 18.5 Å². The molecule has 4 aromatic rings. The molecular formula is C24H24N4O6S. The molecular weight excluding hydrogens is 472 g/mol. The molecule has 5 rings (SSSR count). The van der Waals surface area contributed by atoms with Crippen LogP contribution in [0.5, 0.6) is 17.2 Å². The summed E-state index contributed by atoms with van der Waals surface area (Å²) < 4.78 is 28.6. The van der Waals surface area contributed by atoms with E-state index in [1.165, 1.54) is 11.8 Å². The summed E-state index contributed by atoms with van der Waals surface area (Å²) in [6, 6.07) is 10.9. The Hall–Kier alpha value is -3.57. The second kappa shape index (κ2) is 10.4. The number of hydrogen-bond donors (Lipinski definition) is 0. The van der Waals surface area contributed by atoms with Crippen molar-refractivity contribution in [1.82, 2.24) is 19.7 Å². The molecule has 0 radical (unpaired) electrons. The number of ether oxygens (including phenoxy) is 4. The van der Waals surface area contributed by atoms with Crippen LogP contribution in [0.25, 0.3) is 22.3 Å². The molecule has 3 heterocycles. The highest BCUT2D eigenvalue weighted by atomic mass is 32.2. The normalized spacial score (nSPS) is 12.4. The van der Waals surface area contributed by atoms with Crippen LogP contribution in [0.3, 0.4) is 0 Å². The third-order valence-electron chi connectivity index (χ3n) is 5.36. The Labute approximate surface area is 205 Å².